The maximum atomic E-state index is 12.9. The van der Waals surface area contributed by atoms with Gasteiger partial charge in [-0.2, -0.15) is 0 Å². The second-order valence-electron chi connectivity index (χ2n) is 8.55. The quantitative estimate of drug-likeness (QED) is 0.275. The Labute approximate surface area is 213 Å². The molecule has 8 heteroatoms. The van der Waals surface area contributed by atoms with Crippen LogP contribution in [0.5, 0.6) is 5.75 Å². The molecule has 0 saturated heterocycles. The van der Waals surface area contributed by atoms with E-state index >= 15 is 0 Å². The molecule has 0 bridgehead atoms. The third-order valence-electron chi connectivity index (χ3n) is 6.00. The van der Waals surface area contributed by atoms with E-state index in [1.54, 1.807) is 7.11 Å². The zero-order chi connectivity index (χ0) is 25.1. The molecule has 0 radical (unpaired) electrons. The highest BCUT2D eigenvalue weighted by molar-refractivity contribution is 8.00. The molecule has 182 valence electrons. The van der Waals surface area contributed by atoms with Gasteiger partial charge < -0.3 is 15.0 Å². The van der Waals surface area contributed by atoms with E-state index < -0.39 is 0 Å². The van der Waals surface area contributed by atoms with Crippen LogP contribution in [-0.2, 0) is 11.3 Å². The van der Waals surface area contributed by atoms with Crippen molar-refractivity contribution in [3.05, 3.63) is 90.1 Å². The van der Waals surface area contributed by atoms with Crippen LogP contribution >= 0.6 is 11.8 Å². The number of hydrogen-bond donors (Lipinski definition) is 2. The van der Waals surface area contributed by atoms with Gasteiger partial charge in [-0.05, 0) is 55.3 Å². The Hall–Kier alpha value is -4.04. The van der Waals surface area contributed by atoms with Crippen LogP contribution in [0.25, 0.3) is 28.0 Å². The summed E-state index contributed by atoms with van der Waals surface area (Å²) in [4.78, 5) is 16.3. The maximum Gasteiger partial charge on any atom is 0.233 e. The Kier molecular flexibility index (Phi) is 6.77. The Morgan fingerprint density at radius 1 is 1.08 bits per heavy atom. The summed E-state index contributed by atoms with van der Waals surface area (Å²) in [5.41, 5.74) is 5.08. The molecule has 5 aromatic rings. The van der Waals surface area contributed by atoms with Gasteiger partial charge in [-0.1, -0.05) is 54.2 Å². The number of hydrogen-bond acceptors (Lipinski definition) is 5. The summed E-state index contributed by atoms with van der Waals surface area (Å²) in [5, 5.41) is 13.5. The van der Waals surface area contributed by atoms with Crippen molar-refractivity contribution in [3.8, 4) is 22.8 Å². The van der Waals surface area contributed by atoms with Gasteiger partial charge in [0.2, 0.25) is 5.91 Å². The molecule has 0 aliphatic heterocycles. The largest absolute Gasteiger partial charge is 0.497 e. The SMILES string of the molecule is COc1ccc(CNC(=O)C(C)Sc2nnc(-c3c[nH]c4ccccc34)n2-c2cccc(C)c2)cc1. The Bertz CT molecular complexity index is 1510. The molecule has 7 nitrogen and oxygen atoms in total. The number of carbonyl (C=O) groups excluding carboxylic acids is 1. The van der Waals surface area contributed by atoms with Crippen LogP contribution in [0.2, 0.25) is 0 Å². The van der Waals surface area contributed by atoms with Crippen molar-refractivity contribution in [2.24, 2.45) is 0 Å². The number of aryl methyl sites for hydroxylation is 1. The second-order valence-corrected chi connectivity index (χ2v) is 9.86. The summed E-state index contributed by atoms with van der Waals surface area (Å²) in [7, 11) is 1.63. The summed E-state index contributed by atoms with van der Waals surface area (Å²) < 4.78 is 7.23. The number of amides is 1. The standard InChI is InChI=1S/C28H27N5O2S/c1-18-7-6-8-21(15-18)33-26(24-17-29-25-10-5-4-9-23(24)25)31-32-28(33)36-19(2)27(34)30-16-20-11-13-22(35-3)14-12-20/h4-15,17,19,29H,16H2,1-3H3,(H,30,34). The lowest BCUT2D eigenvalue weighted by Gasteiger charge is -2.14. The van der Waals surface area contributed by atoms with Crippen LogP contribution < -0.4 is 10.1 Å². The molecular formula is C28H27N5O2S. The highest BCUT2D eigenvalue weighted by atomic mass is 32.2. The number of ether oxygens (including phenoxy) is 1. The highest BCUT2D eigenvalue weighted by Gasteiger charge is 2.23. The number of nitrogens with one attached hydrogen (secondary N) is 2. The molecule has 0 spiro atoms. The lowest BCUT2D eigenvalue weighted by Crippen LogP contribution is -2.30. The number of aromatic nitrogens is 4. The average molecular weight is 498 g/mol. The monoisotopic (exact) mass is 497 g/mol. The first-order chi connectivity index (χ1) is 17.5. The van der Waals surface area contributed by atoms with Gasteiger partial charge in [0.1, 0.15) is 5.75 Å². The predicted molar refractivity (Wildman–Crippen MR) is 144 cm³/mol. The van der Waals surface area contributed by atoms with Crippen LogP contribution in [0.15, 0.2) is 84.1 Å². The highest BCUT2D eigenvalue weighted by Crippen LogP contribution is 2.33. The minimum atomic E-state index is -0.369. The van der Waals surface area contributed by atoms with Crippen LogP contribution in [0.1, 0.15) is 18.1 Å². The zero-order valence-electron chi connectivity index (χ0n) is 20.4. The first kappa shape index (κ1) is 23.7. The summed E-state index contributed by atoms with van der Waals surface area (Å²) >= 11 is 1.39. The van der Waals surface area contributed by atoms with Gasteiger partial charge in [0.05, 0.1) is 12.4 Å². The summed E-state index contributed by atoms with van der Waals surface area (Å²) in [6.45, 7) is 4.38. The van der Waals surface area contributed by atoms with Gasteiger partial charge in [-0.25, -0.2) is 0 Å². The van der Waals surface area contributed by atoms with Crippen LogP contribution in [0.4, 0.5) is 0 Å². The average Bonchev–Trinajstić information content (AvgIpc) is 3.51. The third-order valence-corrected chi connectivity index (χ3v) is 7.04. The molecule has 2 heterocycles. The predicted octanol–water partition coefficient (Wildman–Crippen LogP) is 5.53. The topological polar surface area (TPSA) is 84.8 Å². The van der Waals surface area contributed by atoms with E-state index in [2.05, 4.69) is 45.6 Å². The van der Waals surface area contributed by atoms with Crippen molar-refractivity contribution >= 4 is 28.6 Å². The number of fused-ring (bicyclic) bond motifs is 1. The van der Waals surface area contributed by atoms with E-state index in [-0.39, 0.29) is 11.2 Å². The van der Waals surface area contributed by atoms with E-state index in [1.165, 1.54) is 11.8 Å². The Balaban J connectivity index is 1.42. The van der Waals surface area contributed by atoms with Crippen molar-refractivity contribution in [3.63, 3.8) is 0 Å². The smallest absolute Gasteiger partial charge is 0.233 e. The number of thioether (sulfide) groups is 1. The fourth-order valence-corrected chi connectivity index (χ4v) is 4.96. The summed E-state index contributed by atoms with van der Waals surface area (Å²) in [5.74, 6) is 1.45. The number of para-hydroxylation sites is 1. The first-order valence-corrected chi connectivity index (χ1v) is 12.6. The van der Waals surface area contributed by atoms with Gasteiger partial charge >= 0.3 is 0 Å². The molecule has 2 N–H and O–H groups in total. The number of aromatic amines is 1. The van der Waals surface area contributed by atoms with Crippen molar-refractivity contribution in [2.75, 3.05) is 7.11 Å². The van der Waals surface area contributed by atoms with Crippen molar-refractivity contribution in [2.45, 2.75) is 30.8 Å². The number of methoxy groups -OCH3 is 1. The van der Waals surface area contributed by atoms with Gasteiger partial charge in [0, 0.05) is 34.9 Å². The molecule has 2 aromatic heterocycles. The van der Waals surface area contributed by atoms with Crippen LogP contribution in [0.3, 0.4) is 0 Å². The van der Waals surface area contributed by atoms with Gasteiger partial charge in [-0.15, -0.1) is 10.2 Å². The Morgan fingerprint density at radius 2 is 1.89 bits per heavy atom. The molecule has 0 fully saturated rings. The number of benzene rings is 3. The van der Waals surface area contributed by atoms with Crippen molar-refractivity contribution < 1.29 is 9.53 Å². The van der Waals surface area contributed by atoms with Crippen LogP contribution in [0, 0.1) is 6.92 Å². The molecule has 36 heavy (non-hydrogen) atoms. The van der Waals surface area contributed by atoms with E-state index in [0.717, 1.165) is 44.9 Å². The van der Waals surface area contributed by atoms with Crippen LogP contribution in [-0.4, -0.2) is 38.0 Å². The summed E-state index contributed by atoms with van der Waals surface area (Å²) in [6.07, 6.45) is 1.96. The molecule has 1 amide bonds. The molecule has 5 rings (SSSR count). The Morgan fingerprint density at radius 3 is 2.67 bits per heavy atom. The molecule has 0 aliphatic carbocycles. The molecular weight excluding hydrogens is 470 g/mol. The van der Waals surface area contributed by atoms with E-state index in [9.17, 15) is 4.79 Å². The minimum absolute atomic E-state index is 0.0664. The normalized spacial score (nSPS) is 12.0. The molecule has 0 aliphatic rings. The molecule has 1 atom stereocenters. The lowest BCUT2D eigenvalue weighted by molar-refractivity contribution is -0.120. The minimum Gasteiger partial charge on any atom is -0.497 e. The van der Waals surface area contributed by atoms with Crippen molar-refractivity contribution in [1.29, 1.82) is 0 Å². The first-order valence-electron chi connectivity index (χ1n) is 11.7. The molecule has 3 aromatic carbocycles. The summed E-state index contributed by atoms with van der Waals surface area (Å²) in [6, 6.07) is 24.0. The molecule has 0 saturated carbocycles. The van der Waals surface area contributed by atoms with E-state index in [4.69, 9.17) is 4.74 Å². The number of rotatable bonds is 8. The lowest BCUT2D eigenvalue weighted by atomic mass is 10.1. The molecule has 1 unspecified atom stereocenters. The van der Waals surface area contributed by atoms with E-state index in [1.807, 2.05) is 72.3 Å². The number of H-pyrrole nitrogens is 1. The van der Waals surface area contributed by atoms with Gasteiger partial charge in [0.25, 0.3) is 0 Å². The fourth-order valence-electron chi connectivity index (χ4n) is 4.06. The zero-order valence-corrected chi connectivity index (χ0v) is 21.2. The fraction of sp³-hybridized carbons (Fsp3) is 0.179. The number of carbonyl (C=O) groups is 1. The maximum absolute atomic E-state index is 12.9. The van der Waals surface area contributed by atoms with E-state index in [0.29, 0.717) is 11.7 Å². The van der Waals surface area contributed by atoms with Crippen molar-refractivity contribution in [1.82, 2.24) is 25.1 Å². The third kappa shape index (κ3) is 4.85. The number of nitrogens with zero attached hydrogens (tertiary/aromatic N) is 3. The van der Waals surface area contributed by atoms with Gasteiger partial charge in [-0.3, -0.25) is 9.36 Å². The second kappa shape index (κ2) is 10.3. The van der Waals surface area contributed by atoms with Gasteiger partial charge in [0.15, 0.2) is 11.0 Å².